The highest BCUT2D eigenvalue weighted by molar-refractivity contribution is 7.15. The molecule has 0 aromatic carbocycles. The summed E-state index contributed by atoms with van der Waals surface area (Å²) >= 11 is 1.56. The number of aryl methyl sites for hydroxylation is 1. The Morgan fingerprint density at radius 1 is 1.30 bits per heavy atom. The number of thiazole rings is 1. The fraction of sp³-hybridized carbons (Fsp3) is 0.0769. The van der Waals surface area contributed by atoms with Crippen molar-refractivity contribution in [3.05, 3.63) is 41.2 Å². The van der Waals surface area contributed by atoms with Gasteiger partial charge in [0.05, 0.1) is 17.6 Å². The minimum atomic E-state index is -0.0894. The first-order chi connectivity index (χ1) is 10.2. The zero-order chi connectivity index (χ0) is 14.8. The summed E-state index contributed by atoms with van der Waals surface area (Å²) in [5.41, 5.74) is 14.0. The maximum atomic E-state index is 5.28. The average Bonchev–Trinajstić information content (AvgIpc) is 3.01. The van der Waals surface area contributed by atoms with Gasteiger partial charge >= 0.3 is 0 Å². The predicted molar refractivity (Wildman–Crippen MR) is 98.9 cm³/mol. The molecule has 4 N–H and O–H groups in total. The highest BCUT2D eigenvalue weighted by Gasteiger charge is 2.16. The fourth-order valence-corrected chi connectivity index (χ4v) is 2.86. The summed E-state index contributed by atoms with van der Waals surface area (Å²) < 4.78 is 2.00. The van der Waals surface area contributed by atoms with E-state index in [9.17, 15) is 0 Å². The van der Waals surface area contributed by atoms with Crippen molar-refractivity contribution in [3.63, 3.8) is 0 Å². The van der Waals surface area contributed by atoms with Crippen LogP contribution in [0.4, 0.5) is 0 Å². The molecular weight excluding hydrogens is 357 g/mol. The molecule has 3 aromatic heterocycles. The van der Waals surface area contributed by atoms with E-state index in [1.807, 2.05) is 34.9 Å². The van der Waals surface area contributed by atoms with Gasteiger partial charge in [0, 0.05) is 17.3 Å². The normalized spacial score (nSPS) is 10.3. The van der Waals surface area contributed by atoms with E-state index in [1.165, 1.54) is 0 Å². The number of guanidine groups is 1. The minimum Gasteiger partial charge on any atom is -0.369 e. The molecule has 122 valence electrons. The van der Waals surface area contributed by atoms with E-state index in [0.717, 1.165) is 27.7 Å². The molecule has 0 saturated carbocycles. The van der Waals surface area contributed by atoms with Gasteiger partial charge in [0.15, 0.2) is 4.96 Å². The Morgan fingerprint density at radius 3 is 2.74 bits per heavy atom. The SMILES string of the molecule is Cc1csc2nc(-c3ccccn3)c(/C=N/N=C(N)N)n12.Cl.Cl. The van der Waals surface area contributed by atoms with Crippen LogP contribution in [0.2, 0.25) is 0 Å². The lowest BCUT2D eigenvalue weighted by Crippen LogP contribution is -2.21. The van der Waals surface area contributed by atoms with E-state index in [1.54, 1.807) is 23.7 Å². The van der Waals surface area contributed by atoms with Gasteiger partial charge in [0.1, 0.15) is 5.69 Å². The first-order valence-electron chi connectivity index (χ1n) is 6.16. The molecule has 23 heavy (non-hydrogen) atoms. The van der Waals surface area contributed by atoms with E-state index in [4.69, 9.17) is 11.5 Å². The Bertz CT molecular complexity index is 835. The van der Waals surface area contributed by atoms with Gasteiger partial charge in [0.2, 0.25) is 5.96 Å². The van der Waals surface area contributed by atoms with Gasteiger partial charge < -0.3 is 11.5 Å². The third-order valence-electron chi connectivity index (χ3n) is 2.83. The highest BCUT2D eigenvalue weighted by atomic mass is 35.5. The number of hydrogen-bond acceptors (Lipinski definition) is 5. The Labute approximate surface area is 149 Å². The molecule has 7 nitrogen and oxygen atoms in total. The van der Waals surface area contributed by atoms with Crippen LogP contribution in [0.25, 0.3) is 16.3 Å². The number of imidazole rings is 1. The van der Waals surface area contributed by atoms with Crippen molar-refractivity contribution in [1.82, 2.24) is 14.4 Å². The quantitative estimate of drug-likeness (QED) is 0.418. The summed E-state index contributed by atoms with van der Waals surface area (Å²) in [6.07, 6.45) is 3.32. The van der Waals surface area contributed by atoms with Crippen molar-refractivity contribution in [1.29, 1.82) is 0 Å². The third-order valence-corrected chi connectivity index (χ3v) is 3.77. The lowest BCUT2D eigenvalue weighted by Gasteiger charge is -1.99. The molecule has 0 aliphatic carbocycles. The monoisotopic (exact) mass is 371 g/mol. The van der Waals surface area contributed by atoms with Crippen molar-refractivity contribution in [3.8, 4) is 11.4 Å². The number of rotatable bonds is 3. The fourth-order valence-electron chi connectivity index (χ4n) is 1.98. The van der Waals surface area contributed by atoms with Crippen LogP contribution in [0.3, 0.4) is 0 Å². The minimum absolute atomic E-state index is 0. The van der Waals surface area contributed by atoms with Crippen LogP contribution in [0, 0.1) is 6.92 Å². The van der Waals surface area contributed by atoms with Crippen LogP contribution in [-0.2, 0) is 0 Å². The number of hydrogen-bond donors (Lipinski definition) is 2. The first-order valence-corrected chi connectivity index (χ1v) is 7.04. The van der Waals surface area contributed by atoms with Gasteiger partial charge in [-0.3, -0.25) is 9.38 Å². The van der Waals surface area contributed by atoms with Gasteiger partial charge in [0.25, 0.3) is 0 Å². The molecule has 0 spiro atoms. The summed E-state index contributed by atoms with van der Waals surface area (Å²) in [7, 11) is 0. The molecule has 0 aliphatic heterocycles. The predicted octanol–water partition coefficient (Wildman–Crippen LogP) is 2.22. The van der Waals surface area contributed by atoms with Crippen molar-refractivity contribution < 1.29 is 0 Å². The summed E-state index contributed by atoms with van der Waals surface area (Å²) in [5, 5.41) is 9.57. The maximum absolute atomic E-state index is 5.28. The van der Waals surface area contributed by atoms with Crippen molar-refractivity contribution >= 4 is 53.3 Å². The van der Waals surface area contributed by atoms with Crippen molar-refractivity contribution in [2.45, 2.75) is 6.92 Å². The molecule has 3 heterocycles. The standard InChI is InChI=1S/C13H13N7S.2ClH/c1-8-7-21-13-18-11(9-4-2-3-5-16-9)10(20(8)13)6-17-19-12(14)15;;/h2-7H,1H3,(H4,14,15,19);2*1H/b17-6+;;. The molecule has 0 amide bonds. The van der Waals surface area contributed by atoms with Crippen LogP contribution in [0.15, 0.2) is 40.0 Å². The van der Waals surface area contributed by atoms with Crippen LogP contribution in [-0.4, -0.2) is 26.5 Å². The summed E-state index contributed by atoms with van der Waals surface area (Å²) in [5.74, 6) is -0.0894. The van der Waals surface area contributed by atoms with Gasteiger partial charge in [-0.05, 0) is 19.1 Å². The van der Waals surface area contributed by atoms with Crippen LogP contribution < -0.4 is 11.5 Å². The number of aromatic nitrogens is 3. The van der Waals surface area contributed by atoms with Crippen LogP contribution in [0.5, 0.6) is 0 Å². The smallest absolute Gasteiger partial charge is 0.211 e. The number of pyridine rings is 1. The molecule has 0 fully saturated rings. The molecule has 0 saturated heterocycles. The van der Waals surface area contributed by atoms with E-state index < -0.39 is 0 Å². The zero-order valence-corrected chi connectivity index (χ0v) is 14.5. The van der Waals surface area contributed by atoms with Gasteiger partial charge in [-0.1, -0.05) is 6.07 Å². The lowest BCUT2D eigenvalue weighted by atomic mass is 10.2. The Morgan fingerprint density at radius 2 is 2.09 bits per heavy atom. The summed E-state index contributed by atoms with van der Waals surface area (Å²) in [6.45, 7) is 2.01. The molecule has 0 unspecified atom stereocenters. The molecule has 3 aromatic rings. The van der Waals surface area contributed by atoms with Crippen molar-refractivity contribution in [2.24, 2.45) is 21.7 Å². The zero-order valence-electron chi connectivity index (χ0n) is 12.1. The van der Waals surface area contributed by atoms with E-state index in [-0.39, 0.29) is 30.8 Å². The van der Waals surface area contributed by atoms with E-state index in [0.29, 0.717) is 0 Å². The molecule has 0 radical (unpaired) electrons. The molecular formula is C13H15Cl2N7S. The number of halogens is 2. The molecule has 0 atom stereocenters. The topological polar surface area (TPSA) is 107 Å². The first kappa shape index (κ1) is 18.9. The second-order valence-electron chi connectivity index (χ2n) is 4.33. The molecule has 10 heteroatoms. The Kier molecular flexibility index (Phi) is 6.49. The second-order valence-corrected chi connectivity index (χ2v) is 5.16. The largest absolute Gasteiger partial charge is 0.369 e. The van der Waals surface area contributed by atoms with Gasteiger partial charge in [-0.15, -0.1) is 41.3 Å². The molecule has 3 rings (SSSR count). The average molecular weight is 372 g/mol. The highest BCUT2D eigenvalue weighted by Crippen LogP contribution is 2.26. The molecule has 0 aliphatic rings. The van der Waals surface area contributed by atoms with Crippen LogP contribution >= 0.6 is 36.2 Å². The Balaban J connectivity index is 0.00000132. The van der Waals surface area contributed by atoms with E-state index >= 15 is 0 Å². The number of nitrogens with two attached hydrogens (primary N) is 2. The molecule has 0 bridgehead atoms. The number of fused-ring (bicyclic) bond motifs is 1. The van der Waals surface area contributed by atoms with Crippen LogP contribution in [0.1, 0.15) is 11.4 Å². The maximum Gasteiger partial charge on any atom is 0.211 e. The van der Waals surface area contributed by atoms with Gasteiger partial charge in [-0.2, -0.15) is 5.10 Å². The summed E-state index contributed by atoms with van der Waals surface area (Å²) in [6, 6.07) is 5.68. The number of nitrogens with zero attached hydrogens (tertiary/aromatic N) is 5. The lowest BCUT2D eigenvalue weighted by molar-refractivity contribution is 1.11. The van der Waals surface area contributed by atoms with Gasteiger partial charge in [-0.25, -0.2) is 4.98 Å². The Hall–Kier alpha value is -2.16. The third kappa shape index (κ3) is 3.79. The second kappa shape index (κ2) is 7.91. The van der Waals surface area contributed by atoms with Crippen molar-refractivity contribution in [2.75, 3.05) is 0 Å². The van der Waals surface area contributed by atoms with E-state index in [2.05, 4.69) is 20.2 Å². The summed E-state index contributed by atoms with van der Waals surface area (Å²) in [4.78, 5) is 9.83.